The zero-order valence-electron chi connectivity index (χ0n) is 8.74. The second kappa shape index (κ2) is 4.97. The highest BCUT2D eigenvalue weighted by Crippen LogP contribution is 2.05. The van der Waals surface area contributed by atoms with Gasteiger partial charge in [0.2, 0.25) is 0 Å². The highest BCUT2D eigenvalue weighted by Gasteiger charge is 2.09. The van der Waals surface area contributed by atoms with Gasteiger partial charge in [0.05, 0.1) is 13.1 Å². The number of nitrogens with two attached hydrogens (primary N) is 1. The van der Waals surface area contributed by atoms with Gasteiger partial charge in [-0.15, -0.1) is 0 Å². The van der Waals surface area contributed by atoms with Crippen molar-refractivity contribution in [1.29, 1.82) is 0 Å². The normalized spacial score (nSPS) is 11.3. The van der Waals surface area contributed by atoms with E-state index in [0.717, 1.165) is 5.69 Å². The lowest BCUT2D eigenvalue weighted by Gasteiger charge is -2.14. The van der Waals surface area contributed by atoms with Crippen LogP contribution in [0.2, 0.25) is 0 Å². The molecule has 0 bridgehead atoms. The number of aromatic nitrogens is 2. The third-order valence-electron chi connectivity index (χ3n) is 1.78. The van der Waals surface area contributed by atoms with Crippen LogP contribution in [0.4, 0.5) is 14.6 Å². The van der Waals surface area contributed by atoms with Crippen molar-refractivity contribution in [1.82, 2.24) is 14.9 Å². The van der Waals surface area contributed by atoms with Crippen LogP contribution in [0.1, 0.15) is 11.5 Å². The van der Waals surface area contributed by atoms with Crippen molar-refractivity contribution in [2.45, 2.75) is 19.9 Å². The summed E-state index contributed by atoms with van der Waals surface area (Å²) in [6, 6.07) is 1.64. The number of anilines is 1. The minimum atomic E-state index is -2.35. The summed E-state index contributed by atoms with van der Waals surface area (Å²) in [5.74, 6) is 0.832. The summed E-state index contributed by atoms with van der Waals surface area (Å²) < 4.78 is 24.1. The highest BCUT2D eigenvalue weighted by atomic mass is 19.3. The SMILES string of the molecule is Cc1cc(N)nc(CN(C)CC(F)F)n1. The van der Waals surface area contributed by atoms with Crippen LogP contribution in [0, 0.1) is 6.92 Å². The minimum absolute atomic E-state index is 0.274. The van der Waals surface area contributed by atoms with Gasteiger partial charge in [-0.25, -0.2) is 18.7 Å². The van der Waals surface area contributed by atoms with Gasteiger partial charge < -0.3 is 5.73 Å². The van der Waals surface area contributed by atoms with Crippen molar-refractivity contribution in [2.75, 3.05) is 19.3 Å². The van der Waals surface area contributed by atoms with Gasteiger partial charge in [-0.2, -0.15) is 0 Å². The topological polar surface area (TPSA) is 55.0 Å². The van der Waals surface area contributed by atoms with Crippen molar-refractivity contribution in [2.24, 2.45) is 0 Å². The van der Waals surface area contributed by atoms with Crippen LogP contribution in [-0.2, 0) is 6.54 Å². The smallest absolute Gasteiger partial charge is 0.251 e. The first-order valence-electron chi connectivity index (χ1n) is 4.54. The third kappa shape index (κ3) is 4.16. The Morgan fingerprint density at radius 2 is 2.13 bits per heavy atom. The average molecular weight is 216 g/mol. The first kappa shape index (κ1) is 11.8. The van der Waals surface area contributed by atoms with E-state index in [4.69, 9.17) is 5.73 Å². The number of aryl methyl sites for hydroxylation is 1. The Morgan fingerprint density at radius 3 is 2.67 bits per heavy atom. The molecule has 6 heteroatoms. The fraction of sp³-hybridized carbons (Fsp3) is 0.556. The maximum atomic E-state index is 12.0. The van der Waals surface area contributed by atoms with E-state index >= 15 is 0 Å². The maximum Gasteiger partial charge on any atom is 0.251 e. The summed E-state index contributed by atoms with van der Waals surface area (Å²) in [4.78, 5) is 9.52. The van der Waals surface area contributed by atoms with Gasteiger partial charge in [-0.1, -0.05) is 0 Å². The molecule has 15 heavy (non-hydrogen) atoms. The van der Waals surface area contributed by atoms with E-state index in [1.807, 2.05) is 0 Å². The molecule has 0 atom stereocenters. The lowest BCUT2D eigenvalue weighted by Crippen LogP contribution is -2.25. The van der Waals surface area contributed by atoms with Crippen molar-refractivity contribution < 1.29 is 8.78 Å². The molecule has 0 amide bonds. The molecule has 1 aromatic rings. The average Bonchev–Trinajstić information content (AvgIpc) is 1.98. The molecule has 0 unspecified atom stereocenters. The Bertz CT molecular complexity index is 310. The Kier molecular flexibility index (Phi) is 3.90. The molecule has 0 aliphatic carbocycles. The molecule has 4 nitrogen and oxygen atoms in total. The molecule has 0 spiro atoms. The zero-order valence-corrected chi connectivity index (χ0v) is 8.74. The summed E-state index contributed by atoms with van der Waals surface area (Å²) >= 11 is 0. The quantitative estimate of drug-likeness (QED) is 0.817. The molecule has 0 saturated heterocycles. The molecule has 2 N–H and O–H groups in total. The molecular weight excluding hydrogens is 202 g/mol. The third-order valence-corrected chi connectivity index (χ3v) is 1.78. The molecular formula is C9H14F2N4. The molecule has 0 radical (unpaired) electrons. The van der Waals surface area contributed by atoms with Gasteiger partial charge in [0.1, 0.15) is 11.6 Å². The molecule has 1 heterocycles. The van der Waals surface area contributed by atoms with Gasteiger partial charge in [0.15, 0.2) is 0 Å². The highest BCUT2D eigenvalue weighted by molar-refractivity contribution is 5.29. The maximum absolute atomic E-state index is 12.0. The van der Waals surface area contributed by atoms with Crippen LogP contribution < -0.4 is 5.73 Å². The zero-order chi connectivity index (χ0) is 11.4. The van der Waals surface area contributed by atoms with Gasteiger partial charge in [-0.05, 0) is 14.0 Å². The monoisotopic (exact) mass is 216 g/mol. The number of halogens is 2. The molecule has 0 saturated carbocycles. The fourth-order valence-electron chi connectivity index (χ4n) is 1.27. The molecule has 84 valence electrons. The fourth-order valence-corrected chi connectivity index (χ4v) is 1.27. The van der Waals surface area contributed by atoms with E-state index in [0.29, 0.717) is 11.6 Å². The summed E-state index contributed by atoms with van der Waals surface area (Å²) in [5, 5.41) is 0. The van der Waals surface area contributed by atoms with Crippen LogP contribution in [-0.4, -0.2) is 34.9 Å². The number of hydrogen-bond acceptors (Lipinski definition) is 4. The largest absolute Gasteiger partial charge is 0.384 e. The van der Waals surface area contributed by atoms with Gasteiger partial charge in [0.25, 0.3) is 6.43 Å². The predicted molar refractivity (Wildman–Crippen MR) is 53.5 cm³/mol. The number of nitrogens with zero attached hydrogens (tertiary/aromatic N) is 3. The summed E-state index contributed by atoms with van der Waals surface area (Å²) in [7, 11) is 1.59. The number of alkyl halides is 2. The lowest BCUT2D eigenvalue weighted by atomic mass is 10.4. The van der Waals surface area contributed by atoms with Crippen LogP contribution in [0.5, 0.6) is 0 Å². The van der Waals surface area contributed by atoms with Gasteiger partial charge >= 0.3 is 0 Å². The molecule has 0 aliphatic rings. The Morgan fingerprint density at radius 1 is 1.47 bits per heavy atom. The molecule has 1 rings (SSSR count). The van der Waals surface area contributed by atoms with E-state index in [1.165, 1.54) is 4.90 Å². The molecule has 0 fully saturated rings. The summed E-state index contributed by atoms with van der Waals surface area (Å²) in [6.07, 6.45) is -2.35. The first-order chi connectivity index (χ1) is 6.97. The lowest BCUT2D eigenvalue weighted by molar-refractivity contribution is 0.0965. The Balaban J connectivity index is 2.63. The number of nitrogen functional groups attached to an aromatic ring is 1. The van der Waals surface area contributed by atoms with Crippen molar-refractivity contribution in [3.63, 3.8) is 0 Å². The van der Waals surface area contributed by atoms with Crippen LogP contribution >= 0.6 is 0 Å². The van der Waals surface area contributed by atoms with Crippen molar-refractivity contribution in [3.8, 4) is 0 Å². The van der Waals surface area contributed by atoms with E-state index < -0.39 is 6.43 Å². The predicted octanol–water partition coefficient (Wildman–Crippen LogP) is 1.06. The number of hydrogen-bond donors (Lipinski definition) is 1. The summed E-state index contributed by atoms with van der Waals surface area (Å²) in [6.45, 7) is 1.77. The van der Waals surface area contributed by atoms with Crippen molar-refractivity contribution >= 4 is 5.82 Å². The second-order valence-corrected chi connectivity index (χ2v) is 3.44. The van der Waals surface area contributed by atoms with Crippen LogP contribution in [0.25, 0.3) is 0 Å². The Hall–Kier alpha value is -1.30. The Labute approximate surface area is 87.1 Å². The van der Waals surface area contributed by atoms with E-state index in [1.54, 1.807) is 20.0 Å². The minimum Gasteiger partial charge on any atom is -0.384 e. The molecule has 0 aromatic carbocycles. The van der Waals surface area contributed by atoms with Gasteiger partial charge in [0, 0.05) is 11.8 Å². The second-order valence-electron chi connectivity index (χ2n) is 3.44. The molecule has 0 aliphatic heterocycles. The van der Waals surface area contributed by atoms with E-state index in [-0.39, 0.29) is 13.1 Å². The van der Waals surface area contributed by atoms with Crippen LogP contribution in [0.3, 0.4) is 0 Å². The first-order valence-corrected chi connectivity index (χ1v) is 4.54. The van der Waals surface area contributed by atoms with Gasteiger partial charge in [-0.3, -0.25) is 4.90 Å². The van der Waals surface area contributed by atoms with E-state index in [2.05, 4.69) is 9.97 Å². The molecule has 1 aromatic heterocycles. The summed E-state index contributed by atoms with van der Waals surface area (Å²) in [5.41, 5.74) is 6.26. The van der Waals surface area contributed by atoms with Crippen LogP contribution in [0.15, 0.2) is 6.07 Å². The standard InChI is InChI=1S/C9H14F2N4/c1-6-3-8(12)14-9(13-6)5-15(2)4-7(10)11/h3,7H,4-5H2,1-2H3,(H2,12,13,14). The number of rotatable bonds is 4. The van der Waals surface area contributed by atoms with E-state index in [9.17, 15) is 8.78 Å². The van der Waals surface area contributed by atoms with Crippen molar-refractivity contribution in [3.05, 3.63) is 17.6 Å².